The first-order valence-corrected chi connectivity index (χ1v) is 9.02. The molecule has 0 spiro atoms. The van der Waals surface area contributed by atoms with Gasteiger partial charge < -0.3 is 9.80 Å². The van der Waals surface area contributed by atoms with E-state index in [0.29, 0.717) is 33.5 Å². The highest BCUT2D eigenvalue weighted by Crippen LogP contribution is 2.33. The quantitative estimate of drug-likeness (QED) is 0.530. The molecule has 27 heavy (non-hydrogen) atoms. The van der Waals surface area contributed by atoms with Crippen molar-refractivity contribution in [2.75, 3.05) is 33.2 Å². The van der Waals surface area contributed by atoms with Crippen LogP contribution in [0.4, 0.5) is 0 Å². The second-order valence-corrected chi connectivity index (χ2v) is 6.91. The molecule has 136 valence electrons. The Morgan fingerprint density at radius 3 is 2.15 bits per heavy atom. The summed E-state index contributed by atoms with van der Waals surface area (Å²) in [5, 5.41) is 0. The molecular formula is C22H20N2O3. The number of hydrogen-bond donors (Lipinski definition) is 0. The van der Waals surface area contributed by atoms with Crippen LogP contribution in [0.2, 0.25) is 0 Å². The van der Waals surface area contributed by atoms with Crippen LogP contribution in [0.5, 0.6) is 0 Å². The number of aldehydes is 1. The third-order valence-electron chi connectivity index (χ3n) is 5.30. The lowest BCUT2D eigenvalue weighted by Gasteiger charge is -2.36. The van der Waals surface area contributed by atoms with Gasteiger partial charge >= 0.3 is 0 Å². The third-order valence-corrected chi connectivity index (χ3v) is 5.30. The summed E-state index contributed by atoms with van der Waals surface area (Å²) in [4.78, 5) is 41.8. The van der Waals surface area contributed by atoms with Gasteiger partial charge in [0, 0.05) is 65.8 Å². The first-order valence-electron chi connectivity index (χ1n) is 9.02. The predicted octanol–water partition coefficient (Wildman–Crippen LogP) is 2.25. The van der Waals surface area contributed by atoms with Crippen LogP contribution < -0.4 is 0 Å². The summed E-state index contributed by atoms with van der Waals surface area (Å²) >= 11 is 0. The number of rotatable bonds is 3. The van der Waals surface area contributed by atoms with Crippen molar-refractivity contribution < 1.29 is 14.4 Å². The summed E-state index contributed by atoms with van der Waals surface area (Å²) in [6.07, 6.45) is 2.25. The van der Waals surface area contributed by atoms with Crippen molar-refractivity contribution in [1.82, 2.24) is 9.80 Å². The van der Waals surface area contributed by atoms with Crippen LogP contribution in [0.25, 0.3) is 5.70 Å². The molecule has 1 fully saturated rings. The van der Waals surface area contributed by atoms with E-state index >= 15 is 0 Å². The molecule has 5 nitrogen and oxygen atoms in total. The normalized spacial score (nSPS) is 17.5. The Kier molecular flexibility index (Phi) is 4.46. The maximum absolute atomic E-state index is 13.2. The number of likely N-dealkylation sites (N-methyl/N-ethyl adjacent to an activating group) is 1. The summed E-state index contributed by atoms with van der Waals surface area (Å²) in [5.41, 5.74) is 3.02. The van der Waals surface area contributed by atoms with Crippen molar-refractivity contribution in [1.29, 1.82) is 0 Å². The van der Waals surface area contributed by atoms with E-state index in [1.165, 1.54) is 6.08 Å². The average molecular weight is 360 g/mol. The van der Waals surface area contributed by atoms with E-state index in [-0.39, 0.29) is 11.6 Å². The molecule has 1 heterocycles. The van der Waals surface area contributed by atoms with Crippen molar-refractivity contribution in [3.63, 3.8) is 0 Å². The number of carbonyl (C=O) groups is 3. The van der Waals surface area contributed by atoms with Gasteiger partial charge in [-0.05, 0) is 7.05 Å². The molecule has 2 aromatic carbocycles. The monoisotopic (exact) mass is 360 g/mol. The summed E-state index contributed by atoms with van der Waals surface area (Å²) in [5.74, 6) is -0.312. The lowest BCUT2D eigenvalue weighted by Crippen LogP contribution is -2.43. The first kappa shape index (κ1) is 17.4. The van der Waals surface area contributed by atoms with Crippen LogP contribution >= 0.6 is 0 Å². The van der Waals surface area contributed by atoms with Gasteiger partial charge in [0.1, 0.15) is 6.29 Å². The van der Waals surface area contributed by atoms with Crippen molar-refractivity contribution in [2.45, 2.75) is 0 Å². The smallest absolute Gasteiger partial charge is 0.195 e. The number of benzene rings is 2. The number of piperazine rings is 1. The Balaban J connectivity index is 1.85. The highest BCUT2D eigenvalue weighted by molar-refractivity contribution is 6.29. The summed E-state index contributed by atoms with van der Waals surface area (Å²) in [6.45, 7) is 3.28. The molecular weight excluding hydrogens is 340 g/mol. The second kappa shape index (κ2) is 6.93. The molecule has 0 saturated carbocycles. The summed E-state index contributed by atoms with van der Waals surface area (Å²) < 4.78 is 0. The van der Waals surface area contributed by atoms with Crippen molar-refractivity contribution >= 4 is 23.5 Å². The Hall–Kier alpha value is -3.05. The van der Waals surface area contributed by atoms with Crippen LogP contribution in [0.15, 0.2) is 48.5 Å². The summed E-state index contributed by atoms with van der Waals surface area (Å²) in [7, 11) is 2.06. The molecule has 2 aromatic rings. The highest BCUT2D eigenvalue weighted by Gasteiger charge is 2.33. The van der Waals surface area contributed by atoms with Crippen molar-refractivity contribution in [2.24, 2.45) is 0 Å². The average Bonchev–Trinajstić information content (AvgIpc) is 2.70. The van der Waals surface area contributed by atoms with Gasteiger partial charge in [0.25, 0.3) is 0 Å². The van der Waals surface area contributed by atoms with Crippen LogP contribution in [0.1, 0.15) is 37.4 Å². The van der Waals surface area contributed by atoms with Crippen molar-refractivity contribution in [3.05, 3.63) is 76.4 Å². The van der Waals surface area contributed by atoms with Gasteiger partial charge in [0.2, 0.25) is 0 Å². The topological polar surface area (TPSA) is 57.7 Å². The largest absolute Gasteiger partial charge is 0.368 e. The number of hydrogen-bond acceptors (Lipinski definition) is 5. The third kappa shape index (κ3) is 2.90. The maximum Gasteiger partial charge on any atom is 0.195 e. The van der Waals surface area contributed by atoms with E-state index in [2.05, 4.69) is 16.8 Å². The van der Waals surface area contributed by atoms with E-state index in [9.17, 15) is 14.4 Å². The van der Waals surface area contributed by atoms with Crippen molar-refractivity contribution in [3.8, 4) is 0 Å². The number of fused-ring (bicyclic) bond motifs is 2. The Labute approximate surface area is 157 Å². The molecule has 1 saturated heterocycles. The Morgan fingerprint density at radius 1 is 0.852 bits per heavy atom. The fourth-order valence-corrected chi connectivity index (χ4v) is 3.84. The molecule has 0 aromatic heterocycles. The molecule has 0 unspecified atom stereocenters. The van der Waals surface area contributed by atoms with Gasteiger partial charge in [0.15, 0.2) is 11.6 Å². The van der Waals surface area contributed by atoms with E-state index in [1.54, 1.807) is 36.4 Å². The number of allylic oxidation sites excluding steroid dienone is 1. The van der Waals surface area contributed by atoms with Crippen LogP contribution in [0.3, 0.4) is 0 Å². The predicted molar refractivity (Wildman–Crippen MR) is 103 cm³/mol. The minimum Gasteiger partial charge on any atom is -0.368 e. The zero-order valence-corrected chi connectivity index (χ0v) is 15.1. The van der Waals surface area contributed by atoms with Gasteiger partial charge in [-0.1, -0.05) is 42.5 Å². The highest BCUT2D eigenvalue weighted by atomic mass is 16.1. The Morgan fingerprint density at radius 2 is 1.48 bits per heavy atom. The second-order valence-electron chi connectivity index (χ2n) is 6.91. The van der Waals surface area contributed by atoms with Crippen LogP contribution in [0, 0.1) is 0 Å². The fraction of sp³-hybridized carbons (Fsp3) is 0.227. The van der Waals surface area contributed by atoms with Crippen LogP contribution in [-0.4, -0.2) is 60.9 Å². The number of carbonyl (C=O) groups excluding carboxylic acids is 3. The molecule has 0 atom stereocenters. The molecule has 0 radical (unpaired) electrons. The molecule has 5 heteroatoms. The minimum atomic E-state index is -0.165. The lowest BCUT2D eigenvalue weighted by atomic mass is 9.81. The fourth-order valence-electron chi connectivity index (χ4n) is 3.84. The van der Waals surface area contributed by atoms with Gasteiger partial charge in [-0.3, -0.25) is 14.4 Å². The molecule has 1 aliphatic carbocycles. The zero-order chi connectivity index (χ0) is 19.0. The van der Waals surface area contributed by atoms with E-state index in [1.807, 2.05) is 6.07 Å². The van der Waals surface area contributed by atoms with E-state index in [0.717, 1.165) is 32.5 Å². The molecule has 4 rings (SSSR count). The maximum atomic E-state index is 13.2. The summed E-state index contributed by atoms with van der Waals surface area (Å²) in [6, 6.07) is 12.2. The molecule has 0 bridgehead atoms. The lowest BCUT2D eigenvalue weighted by molar-refractivity contribution is -0.104. The number of nitrogens with zero attached hydrogens (tertiary/aromatic N) is 2. The van der Waals surface area contributed by atoms with E-state index in [4.69, 9.17) is 0 Å². The minimum absolute atomic E-state index is 0.147. The molecule has 0 amide bonds. The van der Waals surface area contributed by atoms with Crippen LogP contribution in [-0.2, 0) is 4.79 Å². The van der Waals surface area contributed by atoms with Gasteiger partial charge in [-0.2, -0.15) is 0 Å². The number of ketones is 2. The van der Waals surface area contributed by atoms with Gasteiger partial charge in [0.05, 0.1) is 0 Å². The van der Waals surface area contributed by atoms with Gasteiger partial charge in [-0.25, -0.2) is 0 Å². The standard InChI is InChI=1S/C22H20N2O3/c1-23-10-12-24(13-11-23)19(9-14-25)17-7-4-8-18-20(17)22(27)16-6-3-2-5-15(16)21(18)26/h2-9,14H,10-13H2,1H3/b19-9-. The van der Waals surface area contributed by atoms with E-state index < -0.39 is 0 Å². The SMILES string of the molecule is CN1CCN(/C(=C\C=O)c2cccc3c2C(=O)c2ccccc2C3=O)CC1. The first-order chi connectivity index (χ1) is 13.1. The molecule has 2 aliphatic rings. The molecule has 0 N–H and O–H groups in total. The molecule has 1 aliphatic heterocycles. The van der Waals surface area contributed by atoms with Gasteiger partial charge in [-0.15, -0.1) is 0 Å². The zero-order valence-electron chi connectivity index (χ0n) is 15.1. The Bertz CT molecular complexity index is 969.